The van der Waals surface area contributed by atoms with Crippen LogP contribution in [0, 0.1) is 11.8 Å². The SMILES string of the molecule is CCC[C@H]1CN(C(=O)C2CNC2)CC[C@@H]1O. The highest BCUT2D eigenvalue weighted by molar-refractivity contribution is 5.80. The predicted molar refractivity (Wildman–Crippen MR) is 62.0 cm³/mol. The van der Waals surface area contributed by atoms with Crippen LogP contribution in [0.4, 0.5) is 0 Å². The Morgan fingerprint density at radius 1 is 1.50 bits per heavy atom. The van der Waals surface area contributed by atoms with Gasteiger partial charge in [0.2, 0.25) is 5.91 Å². The minimum Gasteiger partial charge on any atom is -0.393 e. The lowest BCUT2D eigenvalue weighted by atomic mass is 9.89. The normalized spacial score (nSPS) is 31.2. The molecule has 4 nitrogen and oxygen atoms in total. The van der Waals surface area contributed by atoms with Gasteiger partial charge >= 0.3 is 0 Å². The lowest BCUT2D eigenvalue weighted by molar-refractivity contribution is -0.141. The standard InChI is InChI=1S/C12H22N2O2/c1-2-3-9-8-14(5-4-11(9)15)12(16)10-6-13-7-10/h9-11,13,15H,2-8H2,1H3/t9-,11-/m0/s1. The van der Waals surface area contributed by atoms with Crippen molar-refractivity contribution < 1.29 is 9.90 Å². The van der Waals surface area contributed by atoms with Crippen molar-refractivity contribution in [1.29, 1.82) is 0 Å². The van der Waals surface area contributed by atoms with E-state index in [-0.39, 0.29) is 23.8 Å². The molecule has 0 radical (unpaired) electrons. The van der Waals surface area contributed by atoms with E-state index >= 15 is 0 Å². The molecule has 0 saturated carbocycles. The zero-order valence-corrected chi connectivity index (χ0v) is 9.98. The van der Waals surface area contributed by atoms with Gasteiger partial charge in [-0.3, -0.25) is 4.79 Å². The van der Waals surface area contributed by atoms with Crippen LogP contribution in [0.15, 0.2) is 0 Å². The van der Waals surface area contributed by atoms with E-state index in [1.165, 1.54) is 0 Å². The molecule has 0 aromatic heterocycles. The molecular weight excluding hydrogens is 204 g/mol. The molecule has 2 saturated heterocycles. The first kappa shape index (κ1) is 11.9. The van der Waals surface area contributed by atoms with Crippen LogP contribution in [-0.2, 0) is 4.79 Å². The molecule has 0 aromatic carbocycles. The van der Waals surface area contributed by atoms with Crippen molar-refractivity contribution in [3.05, 3.63) is 0 Å². The third-order valence-corrected chi connectivity index (χ3v) is 3.80. The van der Waals surface area contributed by atoms with Crippen molar-refractivity contribution >= 4 is 5.91 Å². The number of carbonyl (C=O) groups is 1. The molecule has 0 spiro atoms. The number of piperidine rings is 1. The fourth-order valence-corrected chi connectivity index (χ4v) is 2.60. The van der Waals surface area contributed by atoms with Crippen molar-refractivity contribution in [2.45, 2.75) is 32.3 Å². The number of nitrogens with one attached hydrogen (secondary N) is 1. The lowest BCUT2D eigenvalue weighted by Gasteiger charge is -2.39. The average molecular weight is 226 g/mol. The van der Waals surface area contributed by atoms with Gasteiger partial charge < -0.3 is 15.3 Å². The van der Waals surface area contributed by atoms with E-state index in [9.17, 15) is 9.90 Å². The molecule has 0 aromatic rings. The molecule has 2 aliphatic heterocycles. The molecule has 2 aliphatic rings. The quantitative estimate of drug-likeness (QED) is 0.723. The Morgan fingerprint density at radius 3 is 2.81 bits per heavy atom. The highest BCUT2D eigenvalue weighted by Gasteiger charge is 2.34. The summed E-state index contributed by atoms with van der Waals surface area (Å²) < 4.78 is 0. The van der Waals surface area contributed by atoms with Gasteiger partial charge in [0.15, 0.2) is 0 Å². The Hall–Kier alpha value is -0.610. The molecule has 2 fully saturated rings. The molecule has 2 N–H and O–H groups in total. The number of nitrogens with zero attached hydrogens (tertiary/aromatic N) is 1. The number of amides is 1. The van der Waals surface area contributed by atoms with Gasteiger partial charge in [0.05, 0.1) is 12.0 Å². The van der Waals surface area contributed by atoms with E-state index in [2.05, 4.69) is 12.2 Å². The van der Waals surface area contributed by atoms with Gasteiger partial charge in [-0.2, -0.15) is 0 Å². The van der Waals surface area contributed by atoms with Crippen LogP contribution < -0.4 is 5.32 Å². The molecule has 0 unspecified atom stereocenters. The first-order valence-corrected chi connectivity index (χ1v) is 6.40. The lowest BCUT2D eigenvalue weighted by Crippen LogP contribution is -2.55. The summed E-state index contributed by atoms with van der Waals surface area (Å²) in [5, 5.41) is 13.0. The number of aliphatic hydroxyl groups is 1. The number of hydrogen-bond acceptors (Lipinski definition) is 3. The number of rotatable bonds is 3. The smallest absolute Gasteiger partial charge is 0.228 e. The van der Waals surface area contributed by atoms with Gasteiger partial charge in [0.25, 0.3) is 0 Å². The summed E-state index contributed by atoms with van der Waals surface area (Å²) in [6.45, 7) is 5.27. The second kappa shape index (κ2) is 5.15. The van der Waals surface area contributed by atoms with Crippen LogP contribution in [0.2, 0.25) is 0 Å². The molecule has 2 rings (SSSR count). The second-order valence-electron chi connectivity index (χ2n) is 5.04. The molecule has 0 aliphatic carbocycles. The van der Waals surface area contributed by atoms with Crippen molar-refractivity contribution in [2.24, 2.45) is 11.8 Å². The third-order valence-electron chi connectivity index (χ3n) is 3.80. The molecule has 2 heterocycles. The summed E-state index contributed by atoms with van der Waals surface area (Å²) in [5.74, 6) is 0.764. The summed E-state index contributed by atoms with van der Waals surface area (Å²) >= 11 is 0. The summed E-state index contributed by atoms with van der Waals surface area (Å²) in [7, 11) is 0. The maximum absolute atomic E-state index is 12.0. The van der Waals surface area contributed by atoms with Gasteiger partial charge in [0.1, 0.15) is 0 Å². The monoisotopic (exact) mass is 226 g/mol. The van der Waals surface area contributed by atoms with Crippen LogP contribution in [0.1, 0.15) is 26.2 Å². The van der Waals surface area contributed by atoms with Gasteiger partial charge in [0, 0.05) is 32.1 Å². The largest absolute Gasteiger partial charge is 0.393 e. The first-order valence-electron chi connectivity index (χ1n) is 6.40. The first-order chi connectivity index (χ1) is 7.72. The van der Waals surface area contributed by atoms with Crippen LogP contribution in [0.25, 0.3) is 0 Å². The van der Waals surface area contributed by atoms with E-state index < -0.39 is 0 Å². The Labute approximate surface area is 97.0 Å². The number of likely N-dealkylation sites (tertiary alicyclic amines) is 1. The minimum atomic E-state index is -0.205. The van der Waals surface area contributed by atoms with Crippen LogP contribution >= 0.6 is 0 Å². The summed E-state index contributed by atoms with van der Waals surface area (Å²) in [6.07, 6.45) is 2.64. The maximum atomic E-state index is 12.0. The average Bonchev–Trinajstić information content (AvgIpc) is 2.19. The van der Waals surface area contributed by atoms with E-state index in [4.69, 9.17) is 0 Å². The number of hydrogen-bond donors (Lipinski definition) is 2. The molecule has 1 amide bonds. The highest BCUT2D eigenvalue weighted by Crippen LogP contribution is 2.23. The third kappa shape index (κ3) is 2.38. The van der Waals surface area contributed by atoms with Gasteiger partial charge in [-0.1, -0.05) is 13.3 Å². The maximum Gasteiger partial charge on any atom is 0.228 e. The molecular formula is C12H22N2O2. The number of aliphatic hydroxyl groups excluding tert-OH is 1. The van der Waals surface area contributed by atoms with Crippen LogP contribution in [0.5, 0.6) is 0 Å². The topological polar surface area (TPSA) is 52.6 Å². The van der Waals surface area contributed by atoms with Crippen LogP contribution in [-0.4, -0.2) is 48.2 Å². The zero-order valence-electron chi connectivity index (χ0n) is 9.98. The highest BCUT2D eigenvalue weighted by atomic mass is 16.3. The van der Waals surface area contributed by atoms with Gasteiger partial charge in [-0.05, 0) is 12.8 Å². The van der Waals surface area contributed by atoms with Gasteiger partial charge in [-0.25, -0.2) is 0 Å². The Morgan fingerprint density at radius 2 is 2.25 bits per heavy atom. The molecule has 16 heavy (non-hydrogen) atoms. The summed E-state index contributed by atoms with van der Waals surface area (Å²) in [5.41, 5.74) is 0. The predicted octanol–water partition coefficient (Wildman–Crippen LogP) is 0.215. The summed E-state index contributed by atoms with van der Waals surface area (Å²) in [4.78, 5) is 14.0. The van der Waals surface area contributed by atoms with Crippen molar-refractivity contribution in [3.63, 3.8) is 0 Å². The van der Waals surface area contributed by atoms with Gasteiger partial charge in [-0.15, -0.1) is 0 Å². The Kier molecular flexibility index (Phi) is 3.82. The van der Waals surface area contributed by atoms with E-state index in [0.29, 0.717) is 0 Å². The van der Waals surface area contributed by atoms with Crippen molar-refractivity contribution in [2.75, 3.05) is 26.2 Å². The Bertz CT molecular complexity index is 253. The number of carbonyl (C=O) groups excluding carboxylic acids is 1. The fraction of sp³-hybridized carbons (Fsp3) is 0.917. The second-order valence-corrected chi connectivity index (χ2v) is 5.04. The van der Waals surface area contributed by atoms with Crippen LogP contribution in [0.3, 0.4) is 0 Å². The molecule has 4 heteroatoms. The zero-order chi connectivity index (χ0) is 11.5. The van der Waals surface area contributed by atoms with E-state index in [1.807, 2.05) is 4.90 Å². The fourth-order valence-electron chi connectivity index (χ4n) is 2.60. The van der Waals surface area contributed by atoms with E-state index in [0.717, 1.165) is 45.4 Å². The van der Waals surface area contributed by atoms with Crippen molar-refractivity contribution in [1.82, 2.24) is 10.2 Å². The molecule has 92 valence electrons. The van der Waals surface area contributed by atoms with E-state index in [1.54, 1.807) is 0 Å². The minimum absolute atomic E-state index is 0.192. The van der Waals surface area contributed by atoms with Crippen molar-refractivity contribution in [3.8, 4) is 0 Å². The molecule has 0 bridgehead atoms. The Balaban J connectivity index is 1.88. The summed E-state index contributed by atoms with van der Waals surface area (Å²) in [6, 6.07) is 0. The molecule has 2 atom stereocenters.